The number of hydrogen-bond acceptors (Lipinski definition) is 3. The molecule has 24 heavy (non-hydrogen) atoms. The van der Waals surface area contributed by atoms with Crippen molar-refractivity contribution in [2.24, 2.45) is 0 Å². The number of phenols is 1. The molecule has 0 saturated heterocycles. The quantitative estimate of drug-likeness (QED) is 0.904. The van der Waals surface area contributed by atoms with Crippen molar-refractivity contribution in [3.05, 3.63) is 65.2 Å². The maximum atomic E-state index is 12.3. The van der Waals surface area contributed by atoms with E-state index < -0.39 is 0 Å². The molecule has 0 aliphatic carbocycles. The van der Waals surface area contributed by atoms with Crippen molar-refractivity contribution in [3.63, 3.8) is 0 Å². The van der Waals surface area contributed by atoms with Crippen LogP contribution in [0.15, 0.2) is 48.5 Å². The van der Waals surface area contributed by atoms with Crippen molar-refractivity contribution in [2.75, 3.05) is 6.54 Å². The molecule has 2 N–H and O–H groups in total. The molecular weight excluding hydrogens is 302 g/mol. The second-order valence-corrected chi connectivity index (χ2v) is 6.46. The van der Waals surface area contributed by atoms with Gasteiger partial charge in [0.2, 0.25) is 0 Å². The molecule has 3 rings (SSSR count). The highest BCUT2D eigenvalue weighted by molar-refractivity contribution is 5.95. The summed E-state index contributed by atoms with van der Waals surface area (Å²) in [6.07, 6.45) is 4.70. The van der Waals surface area contributed by atoms with Crippen LogP contribution in [0, 0.1) is 0 Å². The van der Waals surface area contributed by atoms with Crippen molar-refractivity contribution in [1.82, 2.24) is 5.32 Å². The first-order valence-corrected chi connectivity index (χ1v) is 8.01. The lowest BCUT2D eigenvalue weighted by Crippen LogP contribution is -2.28. The Balaban J connectivity index is 1.60. The summed E-state index contributed by atoms with van der Waals surface area (Å²) < 4.78 is 5.86. The predicted molar refractivity (Wildman–Crippen MR) is 94.3 cm³/mol. The Morgan fingerprint density at radius 1 is 1.17 bits per heavy atom. The van der Waals surface area contributed by atoms with Crippen LogP contribution in [-0.4, -0.2) is 23.2 Å². The number of hydrogen-bond donors (Lipinski definition) is 2. The second-order valence-electron chi connectivity index (χ2n) is 6.46. The van der Waals surface area contributed by atoms with Gasteiger partial charge < -0.3 is 15.2 Å². The first-order chi connectivity index (χ1) is 11.4. The van der Waals surface area contributed by atoms with Gasteiger partial charge in [0.15, 0.2) is 0 Å². The Kier molecular flexibility index (Phi) is 4.30. The number of benzene rings is 2. The van der Waals surface area contributed by atoms with Gasteiger partial charge in [-0.3, -0.25) is 4.79 Å². The molecule has 124 valence electrons. The van der Waals surface area contributed by atoms with Crippen molar-refractivity contribution >= 4 is 12.0 Å². The summed E-state index contributed by atoms with van der Waals surface area (Å²) in [5.41, 5.74) is 2.28. The highest BCUT2D eigenvalue weighted by atomic mass is 16.5. The van der Waals surface area contributed by atoms with Gasteiger partial charge >= 0.3 is 0 Å². The van der Waals surface area contributed by atoms with Gasteiger partial charge in [-0.2, -0.15) is 0 Å². The van der Waals surface area contributed by atoms with Crippen LogP contribution in [0.5, 0.6) is 11.5 Å². The molecule has 0 saturated carbocycles. The molecule has 2 aromatic rings. The first kappa shape index (κ1) is 16.1. The highest BCUT2D eigenvalue weighted by Gasteiger charge is 2.22. The molecule has 0 aromatic heterocycles. The third kappa shape index (κ3) is 3.77. The number of aromatic hydroxyl groups is 1. The third-order valence-corrected chi connectivity index (χ3v) is 3.94. The van der Waals surface area contributed by atoms with E-state index in [1.54, 1.807) is 18.2 Å². The summed E-state index contributed by atoms with van der Waals surface area (Å²) in [4.78, 5) is 12.3. The molecule has 0 atom stereocenters. The summed E-state index contributed by atoms with van der Waals surface area (Å²) in [5.74, 6) is 0.938. The van der Waals surface area contributed by atoms with Gasteiger partial charge in [0.25, 0.3) is 5.91 Å². The third-order valence-electron chi connectivity index (χ3n) is 3.94. The van der Waals surface area contributed by atoms with Gasteiger partial charge in [-0.25, -0.2) is 0 Å². The van der Waals surface area contributed by atoms with E-state index in [2.05, 4.69) is 5.32 Å². The van der Waals surface area contributed by atoms with E-state index in [4.69, 9.17) is 4.74 Å². The largest absolute Gasteiger partial charge is 0.508 e. The number of amides is 1. The van der Waals surface area contributed by atoms with Crippen molar-refractivity contribution in [3.8, 4) is 11.5 Å². The van der Waals surface area contributed by atoms with Gasteiger partial charge in [0.1, 0.15) is 17.1 Å². The fourth-order valence-electron chi connectivity index (χ4n) is 2.61. The SMILES string of the molecule is CC1(C)C=Cc2cc(C(=O)NCCc3ccc(O)cc3)ccc2O1. The lowest BCUT2D eigenvalue weighted by molar-refractivity contribution is 0.0954. The van der Waals surface area contributed by atoms with Gasteiger partial charge in [0.05, 0.1) is 0 Å². The number of nitrogens with one attached hydrogen (secondary N) is 1. The number of carbonyl (C=O) groups is 1. The van der Waals surface area contributed by atoms with E-state index in [1.807, 2.05) is 50.3 Å². The van der Waals surface area contributed by atoms with E-state index in [1.165, 1.54) is 0 Å². The molecule has 0 bridgehead atoms. The van der Waals surface area contributed by atoms with Crippen LogP contribution < -0.4 is 10.1 Å². The zero-order chi connectivity index (χ0) is 17.2. The van der Waals surface area contributed by atoms with E-state index in [-0.39, 0.29) is 17.3 Å². The molecule has 1 aliphatic heterocycles. The van der Waals surface area contributed by atoms with Crippen molar-refractivity contribution in [2.45, 2.75) is 25.9 Å². The zero-order valence-corrected chi connectivity index (χ0v) is 13.9. The minimum Gasteiger partial charge on any atom is -0.508 e. The number of phenolic OH excluding ortho intramolecular Hbond substituents is 1. The Morgan fingerprint density at radius 3 is 2.67 bits per heavy atom. The summed E-state index contributed by atoms with van der Waals surface area (Å²) >= 11 is 0. The Hall–Kier alpha value is -2.75. The molecule has 0 unspecified atom stereocenters. The summed E-state index contributed by atoms with van der Waals surface area (Å²) in [7, 11) is 0. The van der Waals surface area contributed by atoms with Crippen LogP contribution in [0.4, 0.5) is 0 Å². The van der Waals surface area contributed by atoms with Crippen molar-refractivity contribution in [1.29, 1.82) is 0 Å². The minimum atomic E-state index is -0.319. The molecule has 1 heterocycles. The Bertz CT molecular complexity index is 776. The molecular formula is C20H21NO3. The number of ether oxygens (including phenoxy) is 1. The molecule has 0 radical (unpaired) electrons. The molecule has 1 aliphatic rings. The average Bonchev–Trinajstić information content (AvgIpc) is 2.55. The number of fused-ring (bicyclic) bond motifs is 1. The topological polar surface area (TPSA) is 58.6 Å². The van der Waals surface area contributed by atoms with Crippen LogP contribution >= 0.6 is 0 Å². The fraction of sp³-hybridized carbons (Fsp3) is 0.250. The summed E-state index contributed by atoms with van der Waals surface area (Å²) in [6, 6.07) is 12.5. The standard InChI is InChI=1S/C20H21NO3/c1-20(2)11-9-15-13-16(5-8-18(15)24-20)19(23)21-12-10-14-3-6-17(22)7-4-14/h3-9,11,13,22H,10,12H2,1-2H3,(H,21,23). The van der Waals surface area contributed by atoms with Gasteiger partial charge in [-0.05, 0) is 62.2 Å². The average molecular weight is 323 g/mol. The minimum absolute atomic E-state index is 0.102. The zero-order valence-electron chi connectivity index (χ0n) is 13.9. The molecule has 0 fully saturated rings. The smallest absolute Gasteiger partial charge is 0.251 e. The number of rotatable bonds is 4. The summed E-state index contributed by atoms with van der Waals surface area (Å²) in [5, 5.41) is 12.2. The Morgan fingerprint density at radius 2 is 1.92 bits per heavy atom. The van der Waals surface area contributed by atoms with Crippen LogP contribution in [0.25, 0.3) is 6.08 Å². The summed E-state index contributed by atoms with van der Waals surface area (Å²) in [6.45, 7) is 4.53. The van der Waals surface area contributed by atoms with Crippen LogP contribution in [0.1, 0.15) is 35.3 Å². The van der Waals surface area contributed by atoms with Crippen LogP contribution in [0.3, 0.4) is 0 Å². The highest BCUT2D eigenvalue weighted by Crippen LogP contribution is 2.31. The Labute approximate surface area is 141 Å². The maximum Gasteiger partial charge on any atom is 0.251 e. The lowest BCUT2D eigenvalue weighted by atomic mass is 10.0. The lowest BCUT2D eigenvalue weighted by Gasteiger charge is -2.27. The number of carbonyl (C=O) groups excluding carboxylic acids is 1. The van der Waals surface area contributed by atoms with E-state index in [9.17, 15) is 9.90 Å². The molecule has 1 amide bonds. The van der Waals surface area contributed by atoms with Crippen LogP contribution in [-0.2, 0) is 6.42 Å². The van der Waals surface area contributed by atoms with Crippen LogP contribution in [0.2, 0.25) is 0 Å². The van der Waals surface area contributed by atoms with E-state index >= 15 is 0 Å². The predicted octanol–water partition coefficient (Wildman–Crippen LogP) is 3.55. The molecule has 4 heteroatoms. The van der Waals surface area contributed by atoms with Gasteiger partial charge in [0, 0.05) is 17.7 Å². The fourth-order valence-corrected chi connectivity index (χ4v) is 2.61. The maximum absolute atomic E-state index is 12.3. The van der Waals surface area contributed by atoms with Gasteiger partial charge in [-0.15, -0.1) is 0 Å². The first-order valence-electron chi connectivity index (χ1n) is 8.01. The molecule has 2 aromatic carbocycles. The second kappa shape index (κ2) is 6.40. The molecule has 4 nitrogen and oxygen atoms in total. The van der Waals surface area contributed by atoms with Gasteiger partial charge in [-0.1, -0.05) is 18.2 Å². The van der Waals surface area contributed by atoms with E-state index in [0.717, 1.165) is 16.9 Å². The van der Waals surface area contributed by atoms with Crippen molar-refractivity contribution < 1.29 is 14.6 Å². The molecule has 0 spiro atoms. The van der Waals surface area contributed by atoms with E-state index in [0.29, 0.717) is 18.5 Å². The normalized spacial score (nSPS) is 14.6. The monoisotopic (exact) mass is 323 g/mol.